The topological polar surface area (TPSA) is 76.2 Å². The van der Waals surface area contributed by atoms with E-state index in [1.54, 1.807) is 17.0 Å². The van der Waals surface area contributed by atoms with E-state index in [0.29, 0.717) is 18.1 Å². The Morgan fingerprint density at radius 1 is 0.931 bits per heavy atom. The normalized spacial score (nSPS) is 15.2. The summed E-state index contributed by atoms with van der Waals surface area (Å²) >= 11 is 0. The third kappa shape index (κ3) is 5.24. The van der Waals surface area contributed by atoms with E-state index in [-0.39, 0.29) is 49.4 Å². The minimum atomic E-state index is -3.63. The SMILES string of the molecule is CCOc1ccc(S(=O)(=O)N2CCN(C(=O)COc3ccc(F)cc3)CC2)cc1. The Morgan fingerprint density at radius 2 is 1.48 bits per heavy atom. The highest BCUT2D eigenvalue weighted by atomic mass is 32.2. The average Bonchev–Trinajstić information content (AvgIpc) is 2.74. The van der Waals surface area contributed by atoms with Crippen molar-refractivity contribution < 1.29 is 27.1 Å². The fraction of sp³-hybridized carbons (Fsp3) is 0.350. The molecule has 0 radical (unpaired) electrons. The van der Waals surface area contributed by atoms with Gasteiger partial charge in [0, 0.05) is 26.2 Å². The van der Waals surface area contributed by atoms with Crippen LogP contribution in [0.25, 0.3) is 0 Å². The van der Waals surface area contributed by atoms with Gasteiger partial charge in [0.15, 0.2) is 6.61 Å². The molecule has 2 aromatic rings. The smallest absolute Gasteiger partial charge is 0.260 e. The minimum Gasteiger partial charge on any atom is -0.494 e. The molecule has 2 aromatic carbocycles. The lowest BCUT2D eigenvalue weighted by atomic mass is 10.3. The van der Waals surface area contributed by atoms with Crippen molar-refractivity contribution in [2.24, 2.45) is 0 Å². The van der Waals surface area contributed by atoms with Crippen LogP contribution in [0.15, 0.2) is 53.4 Å². The maximum absolute atomic E-state index is 12.9. The van der Waals surface area contributed by atoms with Crippen LogP contribution in [-0.2, 0) is 14.8 Å². The molecule has 0 aliphatic carbocycles. The number of carbonyl (C=O) groups is 1. The van der Waals surface area contributed by atoms with E-state index in [1.807, 2.05) is 6.92 Å². The second kappa shape index (κ2) is 9.23. The van der Waals surface area contributed by atoms with E-state index in [4.69, 9.17) is 9.47 Å². The minimum absolute atomic E-state index is 0.183. The van der Waals surface area contributed by atoms with Crippen molar-refractivity contribution in [3.05, 3.63) is 54.3 Å². The Hall–Kier alpha value is -2.65. The molecule has 1 fully saturated rings. The molecule has 1 saturated heterocycles. The predicted molar refractivity (Wildman–Crippen MR) is 105 cm³/mol. The van der Waals surface area contributed by atoms with Crippen LogP contribution in [0.5, 0.6) is 11.5 Å². The first-order valence-corrected chi connectivity index (χ1v) is 10.7. The summed E-state index contributed by atoms with van der Waals surface area (Å²) in [6.45, 7) is 3.15. The molecule has 3 rings (SSSR count). The predicted octanol–water partition coefficient (Wildman–Crippen LogP) is 2.14. The van der Waals surface area contributed by atoms with Gasteiger partial charge in [-0.15, -0.1) is 0 Å². The summed E-state index contributed by atoms with van der Waals surface area (Å²) < 4.78 is 50.6. The van der Waals surface area contributed by atoms with Crippen LogP contribution in [0.1, 0.15) is 6.92 Å². The second-order valence-corrected chi connectivity index (χ2v) is 8.37. The van der Waals surface area contributed by atoms with Gasteiger partial charge in [0.1, 0.15) is 17.3 Å². The number of sulfonamides is 1. The molecule has 0 spiro atoms. The number of hydrogen-bond donors (Lipinski definition) is 0. The Kier molecular flexibility index (Phi) is 6.71. The average molecular weight is 422 g/mol. The van der Waals surface area contributed by atoms with Gasteiger partial charge >= 0.3 is 0 Å². The molecule has 9 heteroatoms. The fourth-order valence-electron chi connectivity index (χ4n) is 2.97. The van der Waals surface area contributed by atoms with Crippen molar-refractivity contribution in [2.45, 2.75) is 11.8 Å². The van der Waals surface area contributed by atoms with Gasteiger partial charge in [-0.1, -0.05) is 0 Å². The lowest BCUT2D eigenvalue weighted by Crippen LogP contribution is -2.51. The van der Waals surface area contributed by atoms with Gasteiger partial charge in [0.05, 0.1) is 11.5 Å². The van der Waals surface area contributed by atoms with Gasteiger partial charge in [-0.25, -0.2) is 12.8 Å². The molecule has 0 unspecified atom stereocenters. The van der Waals surface area contributed by atoms with Crippen LogP contribution in [0.4, 0.5) is 4.39 Å². The first-order chi connectivity index (χ1) is 13.9. The Bertz CT molecular complexity index is 924. The van der Waals surface area contributed by atoms with Gasteiger partial charge in [0.2, 0.25) is 10.0 Å². The lowest BCUT2D eigenvalue weighted by Gasteiger charge is -2.34. The number of rotatable bonds is 7. The van der Waals surface area contributed by atoms with Crippen molar-refractivity contribution in [1.82, 2.24) is 9.21 Å². The maximum Gasteiger partial charge on any atom is 0.260 e. The van der Waals surface area contributed by atoms with E-state index in [2.05, 4.69) is 0 Å². The van der Waals surface area contributed by atoms with E-state index in [9.17, 15) is 17.6 Å². The standard InChI is InChI=1S/C20H23FN2O5S/c1-2-27-17-7-9-19(10-8-17)29(25,26)23-13-11-22(12-14-23)20(24)15-28-18-5-3-16(21)4-6-18/h3-10H,2,11-15H2,1H3. The van der Waals surface area contributed by atoms with E-state index < -0.39 is 10.0 Å². The van der Waals surface area contributed by atoms with Gasteiger partial charge in [-0.05, 0) is 55.5 Å². The highest BCUT2D eigenvalue weighted by Gasteiger charge is 2.30. The molecular formula is C20H23FN2O5S. The number of carbonyl (C=O) groups excluding carboxylic acids is 1. The zero-order chi connectivity index (χ0) is 20.9. The van der Waals surface area contributed by atoms with Crippen molar-refractivity contribution in [1.29, 1.82) is 0 Å². The van der Waals surface area contributed by atoms with Crippen molar-refractivity contribution in [2.75, 3.05) is 39.4 Å². The third-order valence-corrected chi connectivity index (χ3v) is 6.45. The molecule has 29 heavy (non-hydrogen) atoms. The number of benzene rings is 2. The van der Waals surface area contributed by atoms with Crippen LogP contribution in [-0.4, -0.2) is 62.9 Å². The van der Waals surface area contributed by atoms with Crippen LogP contribution >= 0.6 is 0 Å². The van der Waals surface area contributed by atoms with E-state index >= 15 is 0 Å². The molecule has 7 nitrogen and oxygen atoms in total. The summed E-state index contributed by atoms with van der Waals surface area (Å²) in [5.74, 6) is 0.389. The van der Waals surface area contributed by atoms with Gasteiger partial charge in [-0.2, -0.15) is 4.31 Å². The fourth-order valence-corrected chi connectivity index (χ4v) is 4.39. The van der Waals surface area contributed by atoms with Gasteiger partial charge < -0.3 is 14.4 Å². The molecule has 0 N–H and O–H groups in total. The second-order valence-electron chi connectivity index (χ2n) is 6.43. The van der Waals surface area contributed by atoms with Gasteiger partial charge in [-0.3, -0.25) is 4.79 Å². The van der Waals surface area contributed by atoms with Crippen LogP contribution in [0.3, 0.4) is 0 Å². The van der Waals surface area contributed by atoms with Crippen LogP contribution in [0.2, 0.25) is 0 Å². The molecular weight excluding hydrogens is 399 g/mol. The van der Waals surface area contributed by atoms with Crippen molar-refractivity contribution in [3.63, 3.8) is 0 Å². The largest absolute Gasteiger partial charge is 0.494 e. The first-order valence-electron chi connectivity index (χ1n) is 9.29. The quantitative estimate of drug-likeness (QED) is 0.683. The van der Waals surface area contributed by atoms with Crippen molar-refractivity contribution >= 4 is 15.9 Å². The van der Waals surface area contributed by atoms with Crippen LogP contribution < -0.4 is 9.47 Å². The highest BCUT2D eigenvalue weighted by molar-refractivity contribution is 7.89. The molecule has 0 bridgehead atoms. The Labute approximate surface area is 169 Å². The zero-order valence-electron chi connectivity index (χ0n) is 16.1. The Morgan fingerprint density at radius 3 is 2.07 bits per heavy atom. The summed E-state index contributed by atoms with van der Waals surface area (Å²) in [5.41, 5.74) is 0. The molecule has 1 aliphatic heterocycles. The summed E-state index contributed by atoms with van der Waals surface area (Å²) in [6.07, 6.45) is 0. The van der Waals surface area contributed by atoms with Gasteiger partial charge in [0.25, 0.3) is 5.91 Å². The third-order valence-electron chi connectivity index (χ3n) is 4.54. The monoisotopic (exact) mass is 422 g/mol. The number of halogens is 1. The molecule has 1 amide bonds. The molecule has 1 aliphatic rings. The number of amides is 1. The summed E-state index contributed by atoms with van der Waals surface area (Å²) in [6, 6.07) is 11.7. The molecule has 156 valence electrons. The molecule has 1 heterocycles. The summed E-state index contributed by atoms with van der Waals surface area (Å²) in [4.78, 5) is 14.1. The van der Waals surface area contributed by atoms with E-state index in [0.717, 1.165) is 0 Å². The Balaban J connectivity index is 1.53. The highest BCUT2D eigenvalue weighted by Crippen LogP contribution is 2.21. The van der Waals surface area contributed by atoms with E-state index in [1.165, 1.54) is 40.7 Å². The number of hydrogen-bond acceptors (Lipinski definition) is 5. The summed E-state index contributed by atoms with van der Waals surface area (Å²) in [7, 11) is -3.63. The number of nitrogens with zero attached hydrogens (tertiary/aromatic N) is 2. The van der Waals surface area contributed by atoms with Crippen LogP contribution in [0, 0.1) is 5.82 Å². The number of ether oxygens (including phenoxy) is 2. The molecule has 0 atom stereocenters. The summed E-state index contributed by atoms with van der Waals surface area (Å²) in [5, 5.41) is 0. The molecule has 0 aromatic heterocycles. The lowest BCUT2D eigenvalue weighted by molar-refractivity contribution is -0.134. The van der Waals surface area contributed by atoms with Crippen molar-refractivity contribution in [3.8, 4) is 11.5 Å². The number of piperazine rings is 1. The first kappa shape index (κ1) is 21.1. The zero-order valence-corrected chi connectivity index (χ0v) is 16.9. The molecule has 0 saturated carbocycles. The maximum atomic E-state index is 12.9.